The summed E-state index contributed by atoms with van der Waals surface area (Å²) in [6.07, 6.45) is 2.57. The standard InChI is InChI=1S/C25H22F3N3O4/c1-29-6-4-15-19(29)8-14(26)9-20(15)31-12-18(23(32)30-7-5-25(27,28)13-30)16-10-21(34-2)22(35-3)11-17(16)24(31)33/h4,6,8-12H,5,7,13H2,1-3H3. The molecule has 1 fully saturated rings. The number of rotatable bonds is 4. The van der Waals surface area contributed by atoms with Crippen LogP contribution >= 0.6 is 0 Å². The van der Waals surface area contributed by atoms with Crippen LogP contribution in [0.1, 0.15) is 16.8 Å². The highest BCUT2D eigenvalue weighted by Crippen LogP contribution is 2.35. The van der Waals surface area contributed by atoms with Crippen LogP contribution in [0.4, 0.5) is 13.2 Å². The van der Waals surface area contributed by atoms with Crippen LogP contribution in [0, 0.1) is 5.82 Å². The molecule has 1 aliphatic rings. The molecule has 0 aliphatic carbocycles. The molecule has 3 heterocycles. The van der Waals surface area contributed by atoms with Gasteiger partial charge in [0.25, 0.3) is 17.4 Å². The molecule has 4 aromatic rings. The number of methoxy groups -OCH3 is 2. The minimum Gasteiger partial charge on any atom is -0.493 e. The molecule has 0 N–H and O–H groups in total. The molecule has 10 heteroatoms. The molecule has 0 unspecified atom stereocenters. The highest BCUT2D eigenvalue weighted by Gasteiger charge is 2.41. The van der Waals surface area contributed by atoms with Crippen molar-refractivity contribution in [1.82, 2.24) is 14.0 Å². The molecule has 0 bridgehead atoms. The Balaban J connectivity index is 1.83. The van der Waals surface area contributed by atoms with Crippen molar-refractivity contribution >= 4 is 27.6 Å². The fraction of sp³-hybridized carbons (Fsp3) is 0.280. The fourth-order valence-corrected chi connectivity index (χ4v) is 4.61. The molecule has 0 spiro atoms. The number of carbonyl (C=O) groups excluding carboxylic acids is 1. The van der Waals surface area contributed by atoms with Crippen LogP contribution in [0.3, 0.4) is 0 Å². The lowest BCUT2D eigenvalue weighted by molar-refractivity contribution is 0.0120. The Morgan fingerprint density at radius 1 is 1.03 bits per heavy atom. The summed E-state index contributed by atoms with van der Waals surface area (Å²) in [5.41, 5.74) is 0.265. The van der Waals surface area contributed by atoms with E-state index in [1.807, 2.05) is 0 Å². The molecule has 5 rings (SSSR count). The molecular weight excluding hydrogens is 463 g/mol. The number of hydrogen-bond acceptors (Lipinski definition) is 4. The van der Waals surface area contributed by atoms with Crippen LogP contribution in [-0.2, 0) is 7.05 Å². The summed E-state index contributed by atoms with van der Waals surface area (Å²) in [5.74, 6) is -3.69. The first-order valence-corrected chi connectivity index (χ1v) is 10.9. The topological polar surface area (TPSA) is 65.7 Å². The lowest BCUT2D eigenvalue weighted by Crippen LogP contribution is -2.33. The van der Waals surface area contributed by atoms with Crippen molar-refractivity contribution in [1.29, 1.82) is 0 Å². The summed E-state index contributed by atoms with van der Waals surface area (Å²) in [4.78, 5) is 28.2. The zero-order chi connectivity index (χ0) is 25.1. The summed E-state index contributed by atoms with van der Waals surface area (Å²) in [7, 11) is 4.56. The van der Waals surface area contributed by atoms with Gasteiger partial charge in [-0.1, -0.05) is 0 Å². The van der Waals surface area contributed by atoms with E-state index in [9.17, 15) is 22.8 Å². The molecule has 35 heavy (non-hydrogen) atoms. The molecule has 0 saturated carbocycles. The maximum Gasteiger partial charge on any atom is 0.267 e. The average Bonchev–Trinajstić information content (AvgIpc) is 3.39. The summed E-state index contributed by atoms with van der Waals surface area (Å²) in [6.45, 7) is -0.842. The van der Waals surface area contributed by atoms with Crippen LogP contribution in [0.15, 0.2) is 47.5 Å². The largest absolute Gasteiger partial charge is 0.493 e. The second kappa shape index (κ2) is 8.07. The zero-order valence-electron chi connectivity index (χ0n) is 19.3. The van der Waals surface area contributed by atoms with Gasteiger partial charge in [0.1, 0.15) is 5.82 Å². The number of fused-ring (bicyclic) bond motifs is 2. The van der Waals surface area contributed by atoms with Crippen LogP contribution in [0.2, 0.25) is 0 Å². The smallest absolute Gasteiger partial charge is 0.267 e. The van der Waals surface area contributed by atoms with Crippen LogP contribution in [0.5, 0.6) is 11.5 Å². The molecule has 7 nitrogen and oxygen atoms in total. The number of pyridine rings is 1. The summed E-state index contributed by atoms with van der Waals surface area (Å²) in [6, 6.07) is 7.19. The van der Waals surface area contributed by atoms with E-state index in [-0.39, 0.29) is 40.1 Å². The van der Waals surface area contributed by atoms with Crippen molar-refractivity contribution in [2.24, 2.45) is 7.05 Å². The minimum absolute atomic E-state index is 0.0200. The number of nitrogens with zero attached hydrogens (tertiary/aromatic N) is 3. The van der Waals surface area contributed by atoms with Gasteiger partial charge in [-0.15, -0.1) is 0 Å². The fourth-order valence-electron chi connectivity index (χ4n) is 4.61. The first-order chi connectivity index (χ1) is 16.6. The Morgan fingerprint density at radius 2 is 1.71 bits per heavy atom. The second-order valence-electron chi connectivity index (χ2n) is 8.59. The monoisotopic (exact) mass is 485 g/mol. The maximum atomic E-state index is 14.6. The van der Waals surface area contributed by atoms with Gasteiger partial charge < -0.3 is 18.9 Å². The molecule has 1 aliphatic heterocycles. The summed E-state index contributed by atoms with van der Waals surface area (Å²) < 4.78 is 55.9. The second-order valence-corrected chi connectivity index (χ2v) is 8.59. The number of aromatic nitrogens is 2. The number of alkyl halides is 2. The predicted octanol–water partition coefficient (Wildman–Crippen LogP) is 4.12. The quantitative estimate of drug-likeness (QED) is 0.436. The van der Waals surface area contributed by atoms with Crippen molar-refractivity contribution in [3.05, 3.63) is 64.5 Å². The van der Waals surface area contributed by atoms with Crippen molar-refractivity contribution in [3.8, 4) is 17.2 Å². The Hall–Kier alpha value is -3.95. The highest BCUT2D eigenvalue weighted by molar-refractivity contribution is 6.08. The van der Waals surface area contributed by atoms with Crippen molar-refractivity contribution in [3.63, 3.8) is 0 Å². The molecule has 2 aromatic heterocycles. The number of ether oxygens (including phenoxy) is 2. The Labute approximate surface area is 197 Å². The van der Waals surface area contributed by atoms with E-state index in [1.165, 1.54) is 49.2 Å². The molecule has 0 atom stereocenters. The highest BCUT2D eigenvalue weighted by atomic mass is 19.3. The van der Waals surface area contributed by atoms with E-state index in [1.54, 1.807) is 23.9 Å². The SMILES string of the molecule is COc1cc2c(C(=O)N3CCC(F)(F)C3)cn(-c3cc(F)cc4c3ccn4C)c(=O)c2cc1OC. The van der Waals surface area contributed by atoms with E-state index in [0.29, 0.717) is 10.9 Å². The van der Waals surface area contributed by atoms with Crippen LogP contribution < -0.4 is 15.0 Å². The van der Waals surface area contributed by atoms with Gasteiger partial charge in [-0.3, -0.25) is 14.2 Å². The molecule has 0 radical (unpaired) electrons. The number of benzene rings is 2. The van der Waals surface area contributed by atoms with Gasteiger partial charge in [-0.05, 0) is 30.3 Å². The minimum atomic E-state index is -2.99. The van der Waals surface area contributed by atoms with Gasteiger partial charge >= 0.3 is 0 Å². The predicted molar refractivity (Wildman–Crippen MR) is 125 cm³/mol. The van der Waals surface area contributed by atoms with E-state index < -0.39 is 36.2 Å². The number of aryl methyl sites for hydroxylation is 1. The normalized spacial score (nSPS) is 15.2. The lowest BCUT2D eigenvalue weighted by atomic mass is 10.0. The van der Waals surface area contributed by atoms with Crippen molar-refractivity contribution in [2.75, 3.05) is 27.3 Å². The summed E-state index contributed by atoms with van der Waals surface area (Å²) >= 11 is 0. The number of hydrogen-bond donors (Lipinski definition) is 0. The molecular formula is C25H22F3N3O4. The lowest BCUT2D eigenvalue weighted by Gasteiger charge is -2.20. The third kappa shape index (κ3) is 3.69. The van der Waals surface area contributed by atoms with Gasteiger partial charge in [0.05, 0.1) is 42.9 Å². The van der Waals surface area contributed by atoms with E-state index >= 15 is 0 Å². The molecule has 1 saturated heterocycles. The first kappa shape index (κ1) is 22.8. The third-order valence-electron chi connectivity index (χ3n) is 6.41. The average molecular weight is 485 g/mol. The number of amides is 1. The van der Waals surface area contributed by atoms with Crippen molar-refractivity contribution in [2.45, 2.75) is 12.3 Å². The number of likely N-dealkylation sites (tertiary alicyclic amines) is 1. The van der Waals surface area contributed by atoms with Gasteiger partial charge in [0, 0.05) is 43.2 Å². The van der Waals surface area contributed by atoms with Gasteiger partial charge in [0.2, 0.25) is 0 Å². The summed E-state index contributed by atoms with van der Waals surface area (Å²) in [5, 5.41) is 0.916. The van der Waals surface area contributed by atoms with Gasteiger partial charge in [0.15, 0.2) is 11.5 Å². The Kier molecular flexibility index (Phi) is 5.26. The molecule has 1 amide bonds. The maximum absolute atomic E-state index is 14.6. The van der Waals surface area contributed by atoms with E-state index in [0.717, 1.165) is 4.90 Å². The Bertz CT molecular complexity index is 1560. The van der Waals surface area contributed by atoms with Gasteiger partial charge in [-0.25, -0.2) is 13.2 Å². The first-order valence-electron chi connectivity index (χ1n) is 10.9. The zero-order valence-corrected chi connectivity index (χ0v) is 19.3. The van der Waals surface area contributed by atoms with Crippen LogP contribution in [-0.4, -0.2) is 53.2 Å². The van der Waals surface area contributed by atoms with E-state index in [4.69, 9.17) is 9.47 Å². The Morgan fingerprint density at radius 3 is 2.34 bits per heavy atom. The molecule has 2 aromatic carbocycles. The van der Waals surface area contributed by atoms with Gasteiger partial charge in [-0.2, -0.15) is 0 Å². The van der Waals surface area contributed by atoms with Crippen LogP contribution in [0.25, 0.3) is 27.4 Å². The van der Waals surface area contributed by atoms with E-state index in [2.05, 4.69) is 0 Å². The van der Waals surface area contributed by atoms with Crippen molar-refractivity contribution < 1.29 is 27.4 Å². The number of halogens is 3. The molecule has 182 valence electrons. The number of carbonyl (C=O) groups is 1. The third-order valence-corrected chi connectivity index (χ3v) is 6.41.